The van der Waals surface area contributed by atoms with Crippen molar-refractivity contribution in [2.45, 2.75) is 33.7 Å². The number of hydrogen-bond donors (Lipinski definition) is 1. The van der Waals surface area contributed by atoms with Crippen LogP contribution in [-0.2, 0) is 17.7 Å². The Labute approximate surface area is 180 Å². The first kappa shape index (κ1) is 21.4. The third kappa shape index (κ3) is 4.03. The minimum Gasteiger partial charge on any atom is -0.462 e. The normalized spacial score (nSPS) is 10.6. The maximum Gasteiger partial charge on any atom is 0.341 e. The van der Waals surface area contributed by atoms with Gasteiger partial charge in [-0.1, -0.05) is 30.7 Å². The smallest absolute Gasteiger partial charge is 0.341 e. The number of carbonyl (C=O) groups is 1. The first-order valence-corrected chi connectivity index (χ1v) is 10.1. The number of benzene rings is 1. The van der Waals surface area contributed by atoms with E-state index in [0.29, 0.717) is 24.2 Å². The lowest BCUT2D eigenvalue weighted by atomic mass is 10.0. The zero-order valence-electron chi connectivity index (χ0n) is 17.2. The highest BCUT2D eigenvalue weighted by atomic mass is 35.5. The van der Waals surface area contributed by atoms with E-state index >= 15 is 0 Å². The number of hydrogen-bond acceptors (Lipinski definition) is 5. The molecule has 7 heteroatoms. The topological polar surface area (TPSA) is 93.9 Å². The second kappa shape index (κ2) is 9.02. The molecule has 0 amide bonds. The summed E-state index contributed by atoms with van der Waals surface area (Å²) in [4.78, 5) is 16.3. The molecule has 0 saturated heterocycles. The summed E-state index contributed by atoms with van der Waals surface area (Å²) in [5.41, 5.74) is 11.9. The van der Waals surface area contributed by atoms with Crippen molar-refractivity contribution in [3.63, 3.8) is 0 Å². The molecule has 2 aromatic heterocycles. The Morgan fingerprint density at radius 1 is 1.30 bits per heavy atom. The second-order valence-corrected chi connectivity index (χ2v) is 7.22. The van der Waals surface area contributed by atoms with Gasteiger partial charge in [-0.3, -0.25) is 0 Å². The molecule has 0 saturated carbocycles. The number of anilines is 1. The van der Waals surface area contributed by atoms with Gasteiger partial charge in [-0.15, -0.1) is 0 Å². The maximum atomic E-state index is 12.2. The Balaban J connectivity index is 2.09. The van der Waals surface area contributed by atoms with E-state index in [2.05, 4.69) is 15.6 Å². The summed E-state index contributed by atoms with van der Waals surface area (Å²) >= 11 is 6.09. The molecule has 154 valence electrons. The number of carbonyl (C=O) groups excluding carboxylic acids is 1. The Morgan fingerprint density at radius 2 is 2.00 bits per heavy atom. The quantitative estimate of drug-likeness (QED) is 0.351. The van der Waals surface area contributed by atoms with Gasteiger partial charge in [0.25, 0.3) is 0 Å². The van der Waals surface area contributed by atoms with E-state index in [1.165, 1.54) is 0 Å². The van der Waals surface area contributed by atoms with Crippen LogP contribution in [0.25, 0.3) is 11.1 Å². The van der Waals surface area contributed by atoms with Crippen LogP contribution in [0.1, 0.15) is 46.7 Å². The maximum absolute atomic E-state index is 12.2. The van der Waals surface area contributed by atoms with Crippen LogP contribution in [0.2, 0.25) is 5.15 Å². The fourth-order valence-corrected chi connectivity index (χ4v) is 3.80. The van der Waals surface area contributed by atoms with Gasteiger partial charge in [0.05, 0.1) is 17.7 Å². The van der Waals surface area contributed by atoms with E-state index in [9.17, 15) is 10.1 Å². The first-order chi connectivity index (χ1) is 14.4. The van der Waals surface area contributed by atoms with Crippen LogP contribution >= 0.6 is 11.6 Å². The van der Waals surface area contributed by atoms with Gasteiger partial charge >= 0.3 is 5.97 Å². The van der Waals surface area contributed by atoms with E-state index in [1.54, 1.807) is 19.2 Å². The highest BCUT2D eigenvalue weighted by Gasteiger charge is 2.21. The molecular weight excluding hydrogens is 400 g/mol. The summed E-state index contributed by atoms with van der Waals surface area (Å²) in [5.74, 6) is -0.503. The predicted molar refractivity (Wildman–Crippen MR) is 117 cm³/mol. The summed E-state index contributed by atoms with van der Waals surface area (Å²) in [7, 11) is 0. The number of esters is 1. The molecule has 0 unspecified atom stereocenters. The molecule has 0 atom stereocenters. The lowest BCUT2D eigenvalue weighted by molar-refractivity contribution is 0.0526. The number of aromatic nitrogens is 2. The average molecular weight is 423 g/mol. The molecule has 0 spiro atoms. The molecule has 2 heterocycles. The Hall–Kier alpha value is -3.30. The Morgan fingerprint density at radius 3 is 2.60 bits per heavy atom. The van der Waals surface area contributed by atoms with Crippen molar-refractivity contribution >= 4 is 23.3 Å². The van der Waals surface area contributed by atoms with Gasteiger partial charge < -0.3 is 15.0 Å². The molecule has 0 aliphatic carbocycles. The van der Waals surface area contributed by atoms with Crippen molar-refractivity contribution in [1.29, 1.82) is 5.26 Å². The number of ether oxygens (including phenoxy) is 1. The summed E-state index contributed by atoms with van der Waals surface area (Å²) in [6.07, 6.45) is 2.32. The fourth-order valence-electron chi connectivity index (χ4n) is 3.62. The van der Waals surface area contributed by atoms with Crippen molar-refractivity contribution in [1.82, 2.24) is 9.55 Å². The van der Waals surface area contributed by atoms with E-state index in [0.717, 1.165) is 28.1 Å². The summed E-state index contributed by atoms with van der Waals surface area (Å²) in [5, 5.41) is 9.99. The largest absolute Gasteiger partial charge is 0.462 e. The van der Waals surface area contributed by atoms with E-state index in [4.69, 9.17) is 22.1 Å². The minimum atomic E-state index is -0.503. The molecule has 30 heavy (non-hydrogen) atoms. The molecule has 2 N–H and O–H groups in total. The third-order valence-electron chi connectivity index (χ3n) is 5.01. The predicted octanol–water partition coefficient (Wildman–Crippen LogP) is 4.75. The summed E-state index contributed by atoms with van der Waals surface area (Å²) in [6.45, 7) is 6.45. The van der Waals surface area contributed by atoms with Gasteiger partial charge in [0, 0.05) is 35.4 Å². The van der Waals surface area contributed by atoms with Crippen LogP contribution in [0.15, 0.2) is 36.5 Å². The van der Waals surface area contributed by atoms with E-state index in [1.807, 2.05) is 38.1 Å². The van der Waals surface area contributed by atoms with Crippen LogP contribution in [0.4, 0.5) is 5.69 Å². The highest BCUT2D eigenvalue weighted by molar-refractivity contribution is 6.32. The van der Waals surface area contributed by atoms with Crippen LogP contribution in [0.5, 0.6) is 0 Å². The third-order valence-corrected chi connectivity index (χ3v) is 5.31. The Bertz CT molecular complexity index is 1130. The number of nitriles is 1. The van der Waals surface area contributed by atoms with Crippen LogP contribution < -0.4 is 5.73 Å². The SMILES string of the molecule is CCOC(=O)c1cc(Cn2c(C)c(-c3ccc(N)cc3)c(C#N)c2CC)cnc1Cl. The van der Waals surface area contributed by atoms with Crippen molar-refractivity contribution in [3.05, 3.63) is 69.8 Å². The zero-order valence-corrected chi connectivity index (χ0v) is 18.0. The van der Waals surface area contributed by atoms with Crippen LogP contribution in [-0.4, -0.2) is 22.1 Å². The molecule has 3 rings (SSSR count). The molecular formula is C23H23ClN4O2. The molecule has 1 aromatic carbocycles. The number of nitrogens with two attached hydrogens (primary N) is 1. The number of nitrogen functional groups attached to an aromatic ring is 1. The molecule has 0 aliphatic rings. The van der Waals surface area contributed by atoms with Gasteiger partial charge in [-0.25, -0.2) is 9.78 Å². The standard InChI is InChI=1S/C23H23ClN4O2/c1-4-20-19(11-25)21(16-6-8-17(26)9-7-16)14(3)28(20)13-15-10-18(22(24)27-12-15)23(29)30-5-2/h6-10,12H,4-5,13,26H2,1-3H3. The van der Waals surface area contributed by atoms with Crippen molar-refractivity contribution in [2.75, 3.05) is 12.3 Å². The lowest BCUT2D eigenvalue weighted by Gasteiger charge is -2.12. The molecule has 0 radical (unpaired) electrons. The average Bonchev–Trinajstić information content (AvgIpc) is 3.01. The van der Waals surface area contributed by atoms with Gasteiger partial charge in [-0.05, 0) is 49.6 Å². The van der Waals surface area contributed by atoms with Crippen molar-refractivity contribution < 1.29 is 9.53 Å². The summed E-state index contributed by atoms with van der Waals surface area (Å²) in [6, 6.07) is 11.6. The number of halogens is 1. The van der Waals surface area contributed by atoms with Gasteiger partial charge in [0.1, 0.15) is 11.2 Å². The van der Waals surface area contributed by atoms with E-state index in [-0.39, 0.29) is 17.3 Å². The molecule has 0 fully saturated rings. The number of nitrogens with zero attached hydrogens (tertiary/aromatic N) is 3. The van der Waals surface area contributed by atoms with E-state index < -0.39 is 5.97 Å². The number of pyridine rings is 1. The molecule has 6 nitrogen and oxygen atoms in total. The number of rotatable bonds is 6. The fraction of sp³-hybridized carbons (Fsp3) is 0.261. The van der Waals surface area contributed by atoms with Crippen molar-refractivity contribution in [3.8, 4) is 17.2 Å². The Kier molecular flexibility index (Phi) is 6.43. The van der Waals surface area contributed by atoms with Crippen molar-refractivity contribution in [2.24, 2.45) is 0 Å². The van der Waals surface area contributed by atoms with Gasteiger partial charge in [-0.2, -0.15) is 5.26 Å². The molecule has 0 bridgehead atoms. The zero-order chi connectivity index (χ0) is 21.8. The summed E-state index contributed by atoms with van der Waals surface area (Å²) < 4.78 is 7.15. The highest BCUT2D eigenvalue weighted by Crippen LogP contribution is 2.33. The first-order valence-electron chi connectivity index (χ1n) is 9.70. The minimum absolute atomic E-state index is 0.109. The van der Waals surface area contributed by atoms with Crippen LogP contribution in [0.3, 0.4) is 0 Å². The van der Waals surface area contributed by atoms with Gasteiger partial charge in [0.15, 0.2) is 0 Å². The van der Waals surface area contributed by atoms with Gasteiger partial charge in [0.2, 0.25) is 0 Å². The molecule has 0 aliphatic heterocycles. The lowest BCUT2D eigenvalue weighted by Crippen LogP contribution is -2.10. The molecule has 3 aromatic rings. The van der Waals surface area contributed by atoms with Crippen LogP contribution in [0, 0.1) is 18.3 Å². The monoisotopic (exact) mass is 422 g/mol. The second-order valence-electron chi connectivity index (χ2n) is 6.86.